The summed E-state index contributed by atoms with van der Waals surface area (Å²) in [4.78, 5) is 12.1. The first kappa shape index (κ1) is 15.5. The molecule has 1 aromatic rings. The van der Waals surface area contributed by atoms with Gasteiger partial charge in [0.1, 0.15) is 11.9 Å². The van der Waals surface area contributed by atoms with Crippen molar-refractivity contribution in [2.24, 2.45) is 0 Å². The maximum absolute atomic E-state index is 12.1. The van der Waals surface area contributed by atoms with E-state index < -0.39 is 21.0 Å². The Labute approximate surface area is 124 Å². The fourth-order valence-electron chi connectivity index (χ4n) is 2.29. The summed E-state index contributed by atoms with van der Waals surface area (Å²) in [6, 6.07) is 6.79. The third-order valence-corrected chi connectivity index (χ3v) is 5.49. The third kappa shape index (κ3) is 4.06. The number of carbonyl (C=O) groups excluding carboxylic acids is 1. The first-order chi connectivity index (χ1) is 10.0. The van der Waals surface area contributed by atoms with Gasteiger partial charge in [0.25, 0.3) is 0 Å². The predicted octanol–water partition coefficient (Wildman–Crippen LogP) is 0.936. The molecule has 112 valence electrons. The third-order valence-electron chi connectivity index (χ3n) is 3.31. The number of hydrogen-bond donors (Lipinski definition) is 2. The molecule has 1 fully saturated rings. The molecule has 1 saturated heterocycles. The molecule has 0 spiro atoms. The van der Waals surface area contributed by atoms with Crippen LogP contribution in [0.4, 0.5) is 5.69 Å². The second kappa shape index (κ2) is 6.74. The summed E-state index contributed by atoms with van der Waals surface area (Å²) in [5.74, 6) is 4.84. The Kier molecular flexibility index (Phi) is 4.99. The Morgan fingerprint density at radius 1 is 1.38 bits per heavy atom. The Bertz CT molecular complexity index is 685. The number of sulfone groups is 1. The van der Waals surface area contributed by atoms with Crippen LogP contribution >= 0.6 is 0 Å². The SMILES string of the molecule is O=C(Nc1cccc(C#CCO)c1)C1CCCCS1(=O)=O. The summed E-state index contributed by atoms with van der Waals surface area (Å²) in [5, 5.41) is 10.3. The van der Waals surface area contributed by atoms with Gasteiger partial charge in [0.05, 0.1) is 5.75 Å². The molecule has 1 aromatic carbocycles. The van der Waals surface area contributed by atoms with Crippen molar-refractivity contribution in [3.63, 3.8) is 0 Å². The van der Waals surface area contributed by atoms with Crippen molar-refractivity contribution in [1.29, 1.82) is 0 Å². The van der Waals surface area contributed by atoms with Gasteiger partial charge in [0.15, 0.2) is 9.84 Å². The molecule has 2 N–H and O–H groups in total. The van der Waals surface area contributed by atoms with E-state index in [0.717, 1.165) is 6.42 Å². The van der Waals surface area contributed by atoms with Crippen molar-refractivity contribution in [3.05, 3.63) is 29.8 Å². The van der Waals surface area contributed by atoms with E-state index >= 15 is 0 Å². The van der Waals surface area contributed by atoms with Crippen LogP contribution in [0.5, 0.6) is 0 Å². The normalized spacial score (nSPS) is 20.1. The smallest absolute Gasteiger partial charge is 0.242 e. The van der Waals surface area contributed by atoms with E-state index in [1.165, 1.54) is 0 Å². The zero-order valence-corrected chi connectivity index (χ0v) is 12.3. The summed E-state index contributed by atoms with van der Waals surface area (Å²) in [7, 11) is -3.34. The highest BCUT2D eigenvalue weighted by molar-refractivity contribution is 7.92. The van der Waals surface area contributed by atoms with Crippen molar-refractivity contribution in [2.75, 3.05) is 17.7 Å². The Morgan fingerprint density at radius 2 is 2.19 bits per heavy atom. The van der Waals surface area contributed by atoms with Gasteiger partial charge in [-0.2, -0.15) is 0 Å². The predicted molar refractivity (Wildman–Crippen MR) is 80.5 cm³/mol. The van der Waals surface area contributed by atoms with Crippen LogP contribution in [0.2, 0.25) is 0 Å². The molecule has 1 atom stereocenters. The number of hydrogen-bond acceptors (Lipinski definition) is 4. The molecule has 2 rings (SSSR count). The maximum Gasteiger partial charge on any atom is 0.242 e. The molecular formula is C15H17NO4S. The van der Waals surface area contributed by atoms with Crippen LogP contribution in [0.15, 0.2) is 24.3 Å². The van der Waals surface area contributed by atoms with E-state index in [0.29, 0.717) is 24.1 Å². The maximum atomic E-state index is 12.1. The Hall–Kier alpha value is -1.84. The molecule has 1 heterocycles. The fraction of sp³-hybridized carbons (Fsp3) is 0.400. The summed E-state index contributed by atoms with van der Waals surface area (Å²) in [6.45, 7) is -0.239. The van der Waals surface area contributed by atoms with Crippen molar-refractivity contribution in [1.82, 2.24) is 0 Å². The van der Waals surface area contributed by atoms with Gasteiger partial charge in [-0.3, -0.25) is 4.79 Å². The molecule has 5 nitrogen and oxygen atoms in total. The molecule has 21 heavy (non-hydrogen) atoms. The summed E-state index contributed by atoms with van der Waals surface area (Å²) in [5.41, 5.74) is 1.15. The molecule has 0 saturated carbocycles. The van der Waals surface area contributed by atoms with Crippen LogP contribution in [0.1, 0.15) is 24.8 Å². The van der Waals surface area contributed by atoms with Crippen LogP contribution < -0.4 is 5.32 Å². The van der Waals surface area contributed by atoms with Gasteiger partial charge in [0.2, 0.25) is 5.91 Å². The van der Waals surface area contributed by atoms with Crippen molar-refractivity contribution in [2.45, 2.75) is 24.5 Å². The number of aliphatic hydroxyl groups excluding tert-OH is 1. The molecule has 1 aliphatic rings. The lowest BCUT2D eigenvalue weighted by molar-refractivity contribution is -0.116. The highest BCUT2D eigenvalue weighted by Gasteiger charge is 2.34. The zero-order chi connectivity index (χ0) is 15.3. The highest BCUT2D eigenvalue weighted by Crippen LogP contribution is 2.21. The monoisotopic (exact) mass is 307 g/mol. The topological polar surface area (TPSA) is 83.5 Å². The van der Waals surface area contributed by atoms with E-state index in [1.807, 2.05) is 0 Å². The first-order valence-corrected chi connectivity index (χ1v) is 8.47. The van der Waals surface area contributed by atoms with Gasteiger partial charge in [-0.15, -0.1) is 0 Å². The lowest BCUT2D eigenvalue weighted by Crippen LogP contribution is -2.39. The number of benzene rings is 1. The second-order valence-corrected chi connectivity index (χ2v) is 7.18. The summed E-state index contributed by atoms with van der Waals surface area (Å²) < 4.78 is 23.8. The minimum Gasteiger partial charge on any atom is -0.384 e. The molecule has 1 unspecified atom stereocenters. The number of aliphatic hydroxyl groups is 1. The van der Waals surface area contributed by atoms with Gasteiger partial charge in [-0.05, 0) is 31.0 Å². The van der Waals surface area contributed by atoms with Crippen LogP contribution in [0.25, 0.3) is 0 Å². The first-order valence-electron chi connectivity index (χ1n) is 6.75. The molecule has 0 radical (unpaired) electrons. The van der Waals surface area contributed by atoms with E-state index in [4.69, 9.17) is 5.11 Å². The van der Waals surface area contributed by atoms with Crippen molar-refractivity contribution >= 4 is 21.4 Å². The number of carbonyl (C=O) groups is 1. The van der Waals surface area contributed by atoms with Gasteiger partial charge >= 0.3 is 0 Å². The van der Waals surface area contributed by atoms with E-state index in [-0.39, 0.29) is 12.4 Å². The van der Waals surface area contributed by atoms with Gasteiger partial charge in [-0.25, -0.2) is 8.42 Å². The van der Waals surface area contributed by atoms with E-state index in [2.05, 4.69) is 17.2 Å². The summed E-state index contributed by atoms with van der Waals surface area (Å²) in [6.07, 6.45) is 1.75. The van der Waals surface area contributed by atoms with E-state index in [1.54, 1.807) is 24.3 Å². The molecule has 6 heteroatoms. The second-order valence-electron chi connectivity index (χ2n) is 4.88. The number of anilines is 1. The largest absolute Gasteiger partial charge is 0.384 e. The average Bonchev–Trinajstić information content (AvgIpc) is 2.45. The van der Waals surface area contributed by atoms with Crippen LogP contribution in [0.3, 0.4) is 0 Å². The van der Waals surface area contributed by atoms with Crippen LogP contribution in [-0.4, -0.2) is 37.0 Å². The molecule has 0 aliphatic carbocycles. The Balaban J connectivity index is 2.12. The Morgan fingerprint density at radius 3 is 2.90 bits per heavy atom. The number of nitrogens with one attached hydrogen (secondary N) is 1. The van der Waals surface area contributed by atoms with Crippen molar-refractivity contribution < 1.29 is 18.3 Å². The van der Waals surface area contributed by atoms with E-state index in [9.17, 15) is 13.2 Å². The number of amides is 1. The molecule has 1 amide bonds. The minimum absolute atomic E-state index is 0.0765. The zero-order valence-electron chi connectivity index (χ0n) is 11.5. The highest BCUT2D eigenvalue weighted by atomic mass is 32.2. The lowest BCUT2D eigenvalue weighted by atomic mass is 10.1. The molecule has 1 aliphatic heterocycles. The standard InChI is InChI=1S/C15H17NO4S/c17-9-4-6-12-5-3-7-13(11-12)16-15(18)14-8-1-2-10-21(14,19)20/h3,5,7,11,14,17H,1-2,8-10H2,(H,16,18). The van der Waals surface area contributed by atoms with Crippen LogP contribution in [0, 0.1) is 11.8 Å². The minimum atomic E-state index is -3.34. The van der Waals surface area contributed by atoms with Gasteiger partial charge in [-0.1, -0.05) is 24.3 Å². The average molecular weight is 307 g/mol. The van der Waals surface area contributed by atoms with Crippen molar-refractivity contribution in [3.8, 4) is 11.8 Å². The molecule has 0 aromatic heterocycles. The molecular weight excluding hydrogens is 290 g/mol. The van der Waals surface area contributed by atoms with Gasteiger partial charge in [0, 0.05) is 11.3 Å². The summed E-state index contributed by atoms with van der Waals surface area (Å²) >= 11 is 0. The lowest BCUT2D eigenvalue weighted by Gasteiger charge is -2.21. The number of rotatable bonds is 2. The quantitative estimate of drug-likeness (QED) is 0.796. The van der Waals surface area contributed by atoms with Crippen LogP contribution in [-0.2, 0) is 14.6 Å². The van der Waals surface area contributed by atoms with Gasteiger partial charge < -0.3 is 10.4 Å². The molecule has 0 bridgehead atoms. The fourth-order valence-corrected chi connectivity index (χ4v) is 4.09.